The number of methoxy groups -OCH3 is 1. The van der Waals surface area contributed by atoms with Gasteiger partial charge >= 0.3 is 0 Å². The Balaban J connectivity index is 2.25. The van der Waals surface area contributed by atoms with Crippen molar-refractivity contribution >= 4 is 5.82 Å². The molecule has 0 atom stereocenters. The summed E-state index contributed by atoms with van der Waals surface area (Å²) in [6, 6.07) is 6.67. The number of benzene rings is 1. The average molecular weight is 263 g/mol. The lowest BCUT2D eigenvalue weighted by atomic mass is 10.1. The molecule has 0 unspecified atom stereocenters. The van der Waals surface area contributed by atoms with Crippen LogP contribution in [0.3, 0.4) is 0 Å². The number of rotatable bonds is 3. The normalized spacial score (nSPS) is 11.4. The van der Waals surface area contributed by atoms with Crippen molar-refractivity contribution in [1.29, 1.82) is 0 Å². The van der Waals surface area contributed by atoms with Gasteiger partial charge in [0.15, 0.2) is 11.6 Å². The number of nitrogens with one attached hydrogen (secondary N) is 2. The van der Waals surface area contributed by atoms with E-state index >= 15 is 0 Å². The third kappa shape index (κ3) is 3.24. The van der Waals surface area contributed by atoms with Crippen LogP contribution in [0.5, 0.6) is 5.75 Å². The highest BCUT2D eigenvalue weighted by atomic mass is 19.1. The van der Waals surface area contributed by atoms with Gasteiger partial charge in [-0.2, -0.15) is 5.10 Å². The molecule has 19 heavy (non-hydrogen) atoms. The van der Waals surface area contributed by atoms with Crippen LogP contribution in [0.2, 0.25) is 0 Å². The molecule has 5 heteroatoms. The van der Waals surface area contributed by atoms with Crippen LogP contribution in [-0.4, -0.2) is 22.8 Å². The van der Waals surface area contributed by atoms with Crippen molar-refractivity contribution in [3.63, 3.8) is 0 Å². The summed E-state index contributed by atoms with van der Waals surface area (Å²) >= 11 is 0. The van der Waals surface area contributed by atoms with Gasteiger partial charge in [0.05, 0.1) is 12.8 Å². The minimum Gasteiger partial charge on any atom is -0.494 e. The number of hydrogen-bond donors (Lipinski definition) is 2. The average Bonchev–Trinajstić information content (AvgIpc) is 2.75. The van der Waals surface area contributed by atoms with E-state index in [1.54, 1.807) is 12.1 Å². The molecular formula is C14H18FN3O. The van der Waals surface area contributed by atoms with E-state index in [1.165, 1.54) is 13.2 Å². The van der Waals surface area contributed by atoms with Crippen LogP contribution in [-0.2, 0) is 0 Å². The first-order valence-electron chi connectivity index (χ1n) is 6.06. The molecule has 102 valence electrons. The second kappa shape index (κ2) is 4.91. The maximum absolute atomic E-state index is 13.6. The topological polar surface area (TPSA) is 49.9 Å². The van der Waals surface area contributed by atoms with E-state index < -0.39 is 0 Å². The number of ether oxygens (including phenoxy) is 1. The molecule has 0 fully saturated rings. The number of anilines is 1. The summed E-state index contributed by atoms with van der Waals surface area (Å²) in [6.07, 6.45) is 0. The van der Waals surface area contributed by atoms with Gasteiger partial charge in [0.25, 0.3) is 0 Å². The van der Waals surface area contributed by atoms with Crippen molar-refractivity contribution < 1.29 is 9.13 Å². The molecule has 0 saturated heterocycles. The van der Waals surface area contributed by atoms with Crippen LogP contribution >= 0.6 is 0 Å². The molecule has 1 aromatic heterocycles. The molecule has 0 aliphatic rings. The Morgan fingerprint density at radius 2 is 2.00 bits per heavy atom. The van der Waals surface area contributed by atoms with Crippen LogP contribution in [0, 0.1) is 5.82 Å². The summed E-state index contributed by atoms with van der Waals surface area (Å²) in [7, 11) is 1.44. The maximum Gasteiger partial charge on any atom is 0.165 e. The van der Waals surface area contributed by atoms with Crippen LogP contribution in [0.15, 0.2) is 24.3 Å². The van der Waals surface area contributed by atoms with Crippen LogP contribution in [0.4, 0.5) is 10.2 Å². The van der Waals surface area contributed by atoms with Gasteiger partial charge in [0.2, 0.25) is 0 Å². The number of H-pyrrole nitrogens is 1. The molecule has 0 saturated carbocycles. The number of halogens is 1. The molecule has 2 aromatic rings. The van der Waals surface area contributed by atoms with Gasteiger partial charge in [-0.05, 0) is 39.0 Å². The predicted molar refractivity (Wildman–Crippen MR) is 73.9 cm³/mol. The largest absolute Gasteiger partial charge is 0.494 e. The molecule has 0 bridgehead atoms. The number of aromatic amines is 1. The zero-order chi connectivity index (χ0) is 14.0. The van der Waals surface area contributed by atoms with Crippen molar-refractivity contribution in [2.45, 2.75) is 26.3 Å². The lowest BCUT2D eigenvalue weighted by Crippen LogP contribution is -2.26. The van der Waals surface area contributed by atoms with E-state index in [-0.39, 0.29) is 17.1 Å². The highest BCUT2D eigenvalue weighted by Gasteiger charge is 2.13. The van der Waals surface area contributed by atoms with E-state index in [2.05, 4.69) is 36.3 Å². The first kappa shape index (κ1) is 13.4. The second-order valence-corrected chi connectivity index (χ2v) is 5.39. The summed E-state index contributed by atoms with van der Waals surface area (Å²) in [5.74, 6) is 0.579. The Hall–Kier alpha value is -2.04. The summed E-state index contributed by atoms with van der Waals surface area (Å²) in [6.45, 7) is 6.15. The summed E-state index contributed by atoms with van der Waals surface area (Å²) in [5.41, 5.74) is 1.42. The Morgan fingerprint density at radius 3 is 2.58 bits per heavy atom. The Labute approximate surface area is 112 Å². The fourth-order valence-corrected chi connectivity index (χ4v) is 1.75. The van der Waals surface area contributed by atoms with Crippen LogP contribution in [0.25, 0.3) is 11.3 Å². The Morgan fingerprint density at radius 1 is 1.26 bits per heavy atom. The van der Waals surface area contributed by atoms with Crippen molar-refractivity contribution in [2.75, 3.05) is 12.4 Å². The van der Waals surface area contributed by atoms with Gasteiger partial charge in [-0.15, -0.1) is 0 Å². The number of nitrogens with zero attached hydrogens (tertiary/aromatic N) is 1. The molecule has 0 spiro atoms. The molecule has 2 rings (SSSR count). The number of aromatic nitrogens is 2. The maximum atomic E-state index is 13.6. The van der Waals surface area contributed by atoms with Crippen molar-refractivity contribution in [3.05, 3.63) is 30.1 Å². The van der Waals surface area contributed by atoms with Crippen LogP contribution in [0.1, 0.15) is 20.8 Å². The zero-order valence-electron chi connectivity index (χ0n) is 11.5. The predicted octanol–water partition coefficient (Wildman–Crippen LogP) is 3.43. The fraction of sp³-hybridized carbons (Fsp3) is 0.357. The lowest BCUT2D eigenvalue weighted by molar-refractivity contribution is 0.386. The molecule has 0 amide bonds. The first-order valence-corrected chi connectivity index (χ1v) is 6.06. The van der Waals surface area contributed by atoms with Crippen LogP contribution < -0.4 is 10.1 Å². The molecule has 1 aromatic carbocycles. The zero-order valence-corrected chi connectivity index (χ0v) is 11.5. The minimum absolute atomic E-state index is 0.0718. The standard InChI is InChI=1S/C14H18FN3O/c1-14(2,3)16-13-8-11(17-18-13)9-5-6-12(19-4)10(15)7-9/h5-8H,1-4H3,(H2,16,17,18). The Kier molecular flexibility index (Phi) is 3.46. The van der Waals surface area contributed by atoms with Gasteiger partial charge in [-0.1, -0.05) is 0 Å². The van der Waals surface area contributed by atoms with Gasteiger partial charge in [0.1, 0.15) is 5.82 Å². The third-order valence-electron chi connectivity index (χ3n) is 2.54. The van der Waals surface area contributed by atoms with E-state index in [0.29, 0.717) is 0 Å². The molecule has 1 heterocycles. The number of hydrogen-bond acceptors (Lipinski definition) is 3. The summed E-state index contributed by atoms with van der Waals surface area (Å²) in [4.78, 5) is 0. The van der Waals surface area contributed by atoms with Gasteiger partial charge in [-0.3, -0.25) is 5.10 Å². The molecular weight excluding hydrogens is 245 g/mol. The van der Waals surface area contributed by atoms with Crippen molar-refractivity contribution in [3.8, 4) is 17.0 Å². The molecule has 0 aliphatic carbocycles. The van der Waals surface area contributed by atoms with Gasteiger partial charge < -0.3 is 10.1 Å². The molecule has 4 nitrogen and oxygen atoms in total. The summed E-state index contributed by atoms with van der Waals surface area (Å²) in [5, 5.41) is 10.3. The van der Waals surface area contributed by atoms with E-state index in [0.717, 1.165) is 17.1 Å². The highest BCUT2D eigenvalue weighted by Crippen LogP contribution is 2.26. The van der Waals surface area contributed by atoms with Crippen molar-refractivity contribution in [2.24, 2.45) is 0 Å². The quantitative estimate of drug-likeness (QED) is 0.892. The molecule has 0 aliphatic heterocycles. The monoisotopic (exact) mass is 263 g/mol. The fourth-order valence-electron chi connectivity index (χ4n) is 1.75. The summed E-state index contributed by atoms with van der Waals surface area (Å²) < 4.78 is 18.5. The lowest BCUT2D eigenvalue weighted by Gasteiger charge is -2.19. The van der Waals surface area contributed by atoms with Gasteiger partial charge in [-0.25, -0.2) is 4.39 Å². The molecule has 0 radical (unpaired) electrons. The third-order valence-corrected chi connectivity index (χ3v) is 2.54. The first-order chi connectivity index (χ1) is 8.89. The Bertz CT molecular complexity index is 572. The van der Waals surface area contributed by atoms with E-state index in [4.69, 9.17) is 4.74 Å². The van der Waals surface area contributed by atoms with E-state index in [9.17, 15) is 4.39 Å². The highest BCUT2D eigenvalue weighted by molar-refractivity contribution is 5.64. The molecule has 2 N–H and O–H groups in total. The smallest absolute Gasteiger partial charge is 0.165 e. The second-order valence-electron chi connectivity index (χ2n) is 5.39. The van der Waals surface area contributed by atoms with Crippen molar-refractivity contribution in [1.82, 2.24) is 10.2 Å². The SMILES string of the molecule is COc1ccc(-c2cc(NC(C)(C)C)n[nH]2)cc1F. The van der Waals surface area contributed by atoms with Gasteiger partial charge in [0, 0.05) is 17.2 Å². The minimum atomic E-state index is -0.389. The van der Waals surface area contributed by atoms with E-state index in [1.807, 2.05) is 6.07 Å².